The fourth-order valence-electron chi connectivity index (χ4n) is 1.46. The Labute approximate surface area is 98.6 Å². The highest BCUT2D eigenvalue weighted by atomic mass is 32.2. The Balaban J connectivity index is 2.12. The average Bonchev–Trinajstić information content (AvgIpc) is 2.22. The minimum absolute atomic E-state index is 0.393. The molecule has 2 heterocycles. The molecule has 3 atom stereocenters. The van der Waals surface area contributed by atoms with Gasteiger partial charge < -0.3 is 5.73 Å². The van der Waals surface area contributed by atoms with E-state index in [0.29, 0.717) is 21.6 Å². The summed E-state index contributed by atoms with van der Waals surface area (Å²) in [5.41, 5.74) is 5.66. The van der Waals surface area contributed by atoms with Crippen molar-refractivity contribution in [3.8, 4) is 0 Å². The second-order valence-electron chi connectivity index (χ2n) is 3.71. The second kappa shape index (κ2) is 4.61. The van der Waals surface area contributed by atoms with Crippen molar-refractivity contribution in [3.63, 3.8) is 0 Å². The molecule has 1 saturated heterocycles. The van der Waals surface area contributed by atoms with Crippen LogP contribution in [-0.4, -0.2) is 26.2 Å². The van der Waals surface area contributed by atoms with Crippen LogP contribution in [0.4, 0.5) is 5.82 Å². The molecule has 2 N–H and O–H groups in total. The number of nitrogen functional groups attached to an aromatic ring is 1. The molecule has 1 aromatic rings. The first-order valence-electron chi connectivity index (χ1n) is 5.02. The van der Waals surface area contributed by atoms with Gasteiger partial charge in [0.1, 0.15) is 11.6 Å². The van der Waals surface area contributed by atoms with E-state index in [1.165, 1.54) is 0 Å². The summed E-state index contributed by atoms with van der Waals surface area (Å²) in [5, 5.41) is 1.76. The van der Waals surface area contributed by atoms with Crippen molar-refractivity contribution in [3.05, 3.63) is 18.1 Å². The van der Waals surface area contributed by atoms with Gasteiger partial charge in [-0.05, 0) is 6.07 Å². The van der Waals surface area contributed by atoms with Crippen LogP contribution in [0.15, 0.2) is 12.3 Å². The fourth-order valence-corrected chi connectivity index (χ4v) is 4.31. The summed E-state index contributed by atoms with van der Waals surface area (Å²) in [7, 11) is 0. The van der Waals surface area contributed by atoms with Crippen LogP contribution in [0.1, 0.15) is 24.9 Å². The van der Waals surface area contributed by atoms with Crippen molar-refractivity contribution in [2.45, 2.75) is 29.6 Å². The topological polar surface area (TPSA) is 51.8 Å². The largest absolute Gasteiger partial charge is 0.384 e. The van der Waals surface area contributed by atoms with Crippen molar-refractivity contribution in [1.82, 2.24) is 9.97 Å². The number of anilines is 1. The molecular weight excluding hydrogens is 226 g/mol. The van der Waals surface area contributed by atoms with Gasteiger partial charge in [-0.2, -0.15) is 11.8 Å². The van der Waals surface area contributed by atoms with Gasteiger partial charge in [0.05, 0.1) is 5.25 Å². The highest BCUT2D eigenvalue weighted by molar-refractivity contribution is 8.07. The van der Waals surface area contributed by atoms with E-state index in [9.17, 15) is 0 Å². The lowest BCUT2D eigenvalue weighted by atomic mass is 10.3. The smallest absolute Gasteiger partial charge is 0.144 e. The van der Waals surface area contributed by atoms with E-state index in [-0.39, 0.29) is 0 Å². The van der Waals surface area contributed by atoms with Gasteiger partial charge in [-0.25, -0.2) is 9.97 Å². The maximum atomic E-state index is 5.66. The summed E-state index contributed by atoms with van der Waals surface area (Å²) in [6.07, 6.45) is 1.74. The molecule has 5 heteroatoms. The Morgan fingerprint density at radius 3 is 2.87 bits per heavy atom. The molecule has 3 nitrogen and oxygen atoms in total. The predicted octanol–water partition coefficient (Wildman–Crippen LogP) is 2.36. The third-order valence-corrected chi connectivity index (χ3v) is 5.92. The Kier molecular flexibility index (Phi) is 3.41. The van der Waals surface area contributed by atoms with Gasteiger partial charge in [-0.1, -0.05) is 13.8 Å². The molecule has 0 saturated carbocycles. The number of nitrogens with two attached hydrogens (primary N) is 1. The summed E-state index contributed by atoms with van der Waals surface area (Å²) >= 11 is 3.95. The van der Waals surface area contributed by atoms with Crippen LogP contribution < -0.4 is 5.73 Å². The van der Waals surface area contributed by atoms with Gasteiger partial charge in [-0.15, -0.1) is 11.8 Å². The highest BCUT2D eigenvalue weighted by Gasteiger charge is 2.28. The van der Waals surface area contributed by atoms with E-state index >= 15 is 0 Å². The van der Waals surface area contributed by atoms with Crippen molar-refractivity contribution in [2.75, 3.05) is 11.5 Å². The first-order chi connectivity index (χ1) is 7.16. The maximum Gasteiger partial charge on any atom is 0.144 e. The standard InChI is InChI=1S/C10H15N3S2/c1-6-7(2)15-8(5-14-6)10-12-4-3-9(11)13-10/h3-4,6-8H,5H2,1-2H3,(H2,11,12,13). The second-order valence-corrected chi connectivity index (χ2v) is 6.70. The van der Waals surface area contributed by atoms with Gasteiger partial charge in [0.25, 0.3) is 0 Å². The summed E-state index contributed by atoms with van der Waals surface area (Å²) in [5.74, 6) is 2.53. The zero-order chi connectivity index (χ0) is 10.8. The number of hydrogen-bond donors (Lipinski definition) is 1. The van der Waals surface area contributed by atoms with Crippen molar-refractivity contribution in [2.24, 2.45) is 0 Å². The van der Waals surface area contributed by atoms with E-state index in [0.717, 1.165) is 11.6 Å². The van der Waals surface area contributed by atoms with Crippen LogP contribution in [0, 0.1) is 0 Å². The van der Waals surface area contributed by atoms with Gasteiger partial charge >= 0.3 is 0 Å². The van der Waals surface area contributed by atoms with Gasteiger partial charge in [0.2, 0.25) is 0 Å². The summed E-state index contributed by atoms with van der Waals surface area (Å²) in [4.78, 5) is 8.59. The minimum atomic E-state index is 0.393. The van der Waals surface area contributed by atoms with E-state index in [2.05, 4.69) is 23.8 Å². The lowest BCUT2D eigenvalue weighted by Gasteiger charge is -2.30. The Bertz CT molecular complexity index is 345. The SMILES string of the molecule is CC1SCC(c2nccc(N)n2)SC1C. The Morgan fingerprint density at radius 1 is 1.40 bits per heavy atom. The lowest BCUT2D eigenvalue weighted by molar-refractivity contribution is 0.861. The molecule has 0 spiro atoms. The summed E-state index contributed by atoms with van der Waals surface area (Å²) in [6.45, 7) is 4.54. The molecule has 0 aliphatic carbocycles. The number of nitrogens with zero attached hydrogens (tertiary/aromatic N) is 2. The molecule has 0 radical (unpaired) electrons. The molecule has 1 aromatic heterocycles. The predicted molar refractivity (Wildman–Crippen MR) is 68.2 cm³/mol. The fraction of sp³-hybridized carbons (Fsp3) is 0.600. The van der Waals surface area contributed by atoms with E-state index < -0.39 is 0 Å². The maximum absolute atomic E-state index is 5.66. The normalized spacial score (nSPS) is 31.5. The monoisotopic (exact) mass is 241 g/mol. The number of aromatic nitrogens is 2. The molecule has 0 bridgehead atoms. The molecule has 2 rings (SSSR count). The van der Waals surface area contributed by atoms with Crippen LogP contribution >= 0.6 is 23.5 Å². The minimum Gasteiger partial charge on any atom is -0.384 e. The van der Waals surface area contributed by atoms with Gasteiger partial charge in [0, 0.05) is 22.4 Å². The number of rotatable bonds is 1. The zero-order valence-electron chi connectivity index (χ0n) is 8.88. The van der Waals surface area contributed by atoms with Crippen molar-refractivity contribution in [1.29, 1.82) is 0 Å². The van der Waals surface area contributed by atoms with E-state index in [1.807, 2.05) is 23.5 Å². The Hall–Kier alpha value is -0.420. The quantitative estimate of drug-likeness (QED) is 0.818. The van der Waals surface area contributed by atoms with E-state index in [1.54, 1.807) is 12.3 Å². The molecule has 0 amide bonds. The molecule has 82 valence electrons. The van der Waals surface area contributed by atoms with Gasteiger partial charge in [0.15, 0.2) is 0 Å². The third-order valence-electron chi connectivity index (χ3n) is 2.53. The van der Waals surface area contributed by atoms with Crippen molar-refractivity contribution < 1.29 is 0 Å². The number of hydrogen-bond acceptors (Lipinski definition) is 5. The molecule has 15 heavy (non-hydrogen) atoms. The number of thioether (sulfide) groups is 2. The first kappa shape index (κ1) is 11.1. The van der Waals surface area contributed by atoms with Crippen molar-refractivity contribution >= 4 is 29.3 Å². The zero-order valence-corrected chi connectivity index (χ0v) is 10.5. The van der Waals surface area contributed by atoms with Crippen LogP contribution in [0.25, 0.3) is 0 Å². The molecule has 1 aliphatic heterocycles. The third kappa shape index (κ3) is 2.58. The average molecular weight is 241 g/mol. The highest BCUT2D eigenvalue weighted by Crippen LogP contribution is 2.43. The summed E-state index contributed by atoms with van der Waals surface area (Å²) < 4.78 is 0. The van der Waals surface area contributed by atoms with Crippen LogP contribution in [0.3, 0.4) is 0 Å². The van der Waals surface area contributed by atoms with Crippen LogP contribution in [0.5, 0.6) is 0 Å². The molecule has 0 aromatic carbocycles. The lowest BCUT2D eigenvalue weighted by Crippen LogP contribution is -2.23. The molecule has 1 aliphatic rings. The molecule has 3 unspecified atom stereocenters. The Morgan fingerprint density at radius 2 is 2.20 bits per heavy atom. The first-order valence-corrected chi connectivity index (χ1v) is 7.01. The van der Waals surface area contributed by atoms with Crippen LogP contribution in [-0.2, 0) is 0 Å². The van der Waals surface area contributed by atoms with Crippen LogP contribution in [0.2, 0.25) is 0 Å². The van der Waals surface area contributed by atoms with Gasteiger partial charge in [-0.3, -0.25) is 0 Å². The van der Waals surface area contributed by atoms with E-state index in [4.69, 9.17) is 5.73 Å². The summed E-state index contributed by atoms with van der Waals surface area (Å²) in [6, 6.07) is 1.73. The molecule has 1 fully saturated rings. The molecular formula is C10H15N3S2.